The smallest absolute Gasteiger partial charge is 0.239 e. The fourth-order valence-corrected chi connectivity index (χ4v) is 2.84. The van der Waals surface area contributed by atoms with Crippen LogP contribution in [0.15, 0.2) is 24.3 Å². The van der Waals surface area contributed by atoms with Crippen molar-refractivity contribution in [1.29, 1.82) is 0 Å². The van der Waals surface area contributed by atoms with Crippen molar-refractivity contribution < 1.29 is 9.59 Å². The summed E-state index contributed by atoms with van der Waals surface area (Å²) in [6, 6.07) is 7.51. The quantitative estimate of drug-likeness (QED) is 0.771. The molecule has 2 heterocycles. The molecule has 1 aromatic heterocycles. The molecule has 7 nitrogen and oxygen atoms in total. The van der Waals surface area contributed by atoms with Crippen LogP contribution in [0.5, 0.6) is 0 Å². The minimum absolute atomic E-state index is 0.0896. The molecule has 0 saturated carbocycles. The predicted molar refractivity (Wildman–Crippen MR) is 86.6 cm³/mol. The summed E-state index contributed by atoms with van der Waals surface area (Å²) < 4.78 is 1.70. The maximum atomic E-state index is 11.3. The third-order valence-corrected chi connectivity index (χ3v) is 3.79. The number of rotatable bonds is 4. The third-order valence-electron chi connectivity index (χ3n) is 3.79. The normalized spacial score (nSPS) is 13.4. The second kappa shape index (κ2) is 6.21. The van der Waals surface area contributed by atoms with Gasteiger partial charge in [-0.3, -0.25) is 14.3 Å². The van der Waals surface area contributed by atoms with Crippen LogP contribution in [-0.2, 0) is 29.1 Å². The van der Waals surface area contributed by atoms with Gasteiger partial charge >= 0.3 is 0 Å². The Morgan fingerprint density at radius 3 is 2.74 bits per heavy atom. The van der Waals surface area contributed by atoms with E-state index in [1.807, 2.05) is 24.3 Å². The summed E-state index contributed by atoms with van der Waals surface area (Å²) in [4.78, 5) is 22.3. The van der Waals surface area contributed by atoms with E-state index in [0.29, 0.717) is 0 Å². The molecule has 0 fully saturated rings. The largest absolute Gasteiger partial charge is 0.368 e. The van der Waals surface area contributed by atoms with Crippen molar-refractivity contribution >= 4 is 17.5 Å². The van der Waals surface area contributed by atoms with Crippen LogP contribution in [0.2, 0.25) is 0 Å². The Hall–Kier alpha value is -2.67. The van der Waals surface area contributed by atoms with Gasteiger partial charge in [0.05, 0.1) is 5.69 Å². The van der Waals surface area contributed by atoms with E-state index < -0.39 is 5.91 Å². The Balaban J connectivity index is 1.97. The van der Waals surface area contributed by atoms with Crippen LogP contribution >= 0.6 is 0 Å². The lowest BCUT2D eigenvalue weighted by atomic mass is 10.0. The Morgan fingerprint density at radius 1 is 1.35 bits per heavy atom. The third kappa shape index (κ3) is 3.24. The molecule has 1 aliphatic rings. The fraction of sp³-hybridized carbons (Fsp3) is 0.312. The monoisotopic (exact) mass is 313 g/mol. The van der Waals surface area contributed by atoms with Crippen molar-refractivity contribution in [1.82, 2.24) is 15.1 Å². The molecule has 1 aliphatic heterocycles. The predicted octanol–water partition coefficient (Wildman–Crippen LogP) is 0.639. The highest BCUT2D eigenvalue weighted by atomic mass is 16.1. The molecule has 3 rings (SSSR count). The first-order valence-electron chi connectivity index (χ1n) is 7.50. The van der Waals surface area contributed by atoms with Crippen molar-refractivity contribution in [3.63, 3.8) is 0 Å². The minimum Gasteiger partial charge on any atom is -0.368 e. The van der Waals surface area contributed by atoms with E-state index in [1.54, 1.807) is 4.68 Å². The molecule has 0 bridgehead atoms. The van der Waals surface area contributed by atoms with Crippen molar-refractivity contribution in [3.05, 3.63) is 35.5 Å². The zero-order valence-corrected chi connectivity index (χ0v) is 12.9. The number of fused-ring (bicyclic) bond motifs is 1. The molecular weight excluding hydrogens is 294 g/mol. The lowest BCUT2D eigenvalue weighted by Crippen LogP contribution is -2.27. The number of nitrogens with zero attached hydrogens (tertiary/aromatic N) is 2. The lowest BCUT2D eigenvalue weighted by molar-refractivity contribution is -0.118. The van der Waals surface area contributed by atoms with E-state index in [1.165, 1.54) is 6.92 Å². The second-order valence-electron chi connectivity index (χ2n) is 5.58. The number of benzene rings is 1. The number of hydrogen-bond acceptors (Lipinski definition) is 4. The maximum Gasteiger partial charge on any atom is 0.239 e. The van der Waals surface area contributed by atoms with Gasteiger partial charge in [0.25, 0.3) is 0 Å². The number of nitrogens with two attached hydrogens (primary N) is 1. The first-order chi connectivity index (χ1) is 11.0. The lowest BCUT2D eigenvalue weighted by Gasteiger charge is -2.15. The summed E-state index contributed by atoms with van der Waals surface area (Å²) in [7, 11) is 0. The van der Waals surface area contributed by atoms with Crippen LogP contribution in [0, 0.1) is 0 Å². The van der Waals surface area contributed by atoms with Crippen LogP contribution in [0.3, 0.4) is 0 Å². The van der Waals surface area contributed by atoms with Gasteiger partial charge in [-0.1, -0.05) is 12.1 Å². The van der Waals surface area contributed by atoms with Gasteiger partial charge in [0.2, 0.25) is 11.8 Å². The Kier molecular flexibility index (Phi) is 4.12. The fourth-order valence-electron chi connectivity index (χ4n) is 2.84. The number of hydrogen-bond donors (Lipinski definition) is 3. The van der Waals surface area contributed by atoms with Gasteiger partial charge in [-0.25, -0.2) is 0 Å². The summed E-state index contributed by atoms with van der Waals surface area (Å²) in [5, 5.41) is 10.6. The zero-order valence-electron chi connectivity index (χ0n) is 12.9. The summed E-state index contributed by atoms with van der Waals surface area (Å²) in [6.07, 6.45) is 0.819. The number of carbonyl (C=O) groups excluding carboxylic acids is 2. The van der Waals surface area contributed by atoms with Crippen molar-refractivity contribution in [2.45, 2.75) is 26.4 Å². The molecule has 0 aliphatic carbocycles. The van der Waals surface area contributed by atoms with Crippen LogP contribution < -0.4 is 16.4 Å². The highest BCUT2D eigenvalue weighted by Gasteiger charge is 2.22. The van der Waals surface area contributed by atoms with Gasteiger partial charge in [0, 0.05) is 48.9 Å². The first-order valence-corrected chi connectivity index (χ1v) is 7.50. The van der Waals surface area contributed by atoms with E-state index in [0.717, 1.165) is 47.7 Å². The number of aromatic nitrogens is 2. The van der Waals surface area contributed by atoms with Crippen molar-refractivity contribution in [2.75, 3.05) is 11.9 Å². The number of carbonyl (C=O) groups is 2. The maximum absolute atomic E-state index is 11.3. The van der Waals surface area contributed by atoms with Crippen LogP contribution in [-0.4, -0.2) is 28.1 Å². The SMILES string of the molecule is CC(=O)Nc1ccc(-c2nn(CC(N)=O)c3c2CNCC3)cc1. The molecule has 0 radical (unpaired) electrons. The highest BCUT2D eigenvalue weighted by molar-refractivity contribution is 5.89. The summed E-state index contributed by atoms with van der Waals surface area (Å²) >= 11 is 0. The van der Waals surface area contributed by atoms with Crippen molar-refractivity contribution in [2.24, 2.45) is 5.73 Å². The van der Waals surface area contributed by atoms with E-state index >= 15 is 0 Å². The van der Waals surface area contributed by atoms with Crippen LogP contribution in [0.4, 0.5) is 5.69 Å². The second-order valence-corrected chi connectivity index (χ2v) is 5.58. The minimum atomic E-state index is -0.401. The zero-order chi connectivity index (χ0) is 16.4. The van der Waals surface area contributed by atoms with Gasteiger partial charge < -0.3 is 16.4 Å². The average Bonchev–Trinajstić information content (AvgIpc) is 2.86. The number of primary amides is 1. The highest BCUT2D eigenvalue weighted by Crippen LogP contribution is 2.28. The number of amides is 2. The van der Waals surface area contributed by atoms with E-state index in [4.69, 9.17) is 5.73 Å². The number of nitrogens with one attached hydrogen (secondary N) is 2. The van der Waals surface area contributed by atoms with E-state index in [2.05, 4.69) is 15.7 Å². The standard InChI is InChI=1S/C16H19N5O2/c1-10(22)19-12-4-2-11(3-5-12)16-13-8-18-7-6-14(13)21(20-16)9-15(17)23/h2-5,18H,6-9H2,1H3,(H2,17,23)(H,19,22). The molecule has 23 heavy (non-hydrogen) atoms. The van der Waals surface area contributed by atoms with Gasteiger partial charge in [0.1, 0.15) is 6.54 Å². The molecule has 120 valence electrons. The molecule has 0 unspecified atom stereocenters. The first kappa shape index (κ1) is 15.2. The summed E-state index contributed by atoms with van der Waals surface area (Å²) in [5.74, 6) is -0.508. The molecule has 1 aromatic carbocycles. The molecule has 2 aromatic rings. The van der Waals surface area contributed by atoms with Gasteiger partial charge in [-0.2, -0.15) is 5.10 Å². The summed E-state index contributed by atoms with van der Waals surface area (Å²) in [6.45, 7) is 3.14. The van der Waals surface area contributed by atoms with Crippen molar-refractivity contribution in [3.8, 4) is 11.3 Å². The average molecular weight is 313 g/mol. The van der Waals surface area contributed by atoms with Gasteiger partial charge in [-0.05, 0) is 12.1 Å². The van der Waals surface area contributed by atoms with E-state index in [9.17, 15) is 9.59 Å². The summed E-state index contributed by atoms with van der Waals surface area (Å²) in [5.41, 5.74) is 10.0. The number of anilines is 1. The topological polar surface area (TPSA) is 102 Å². The molecule has 0 spiro atoms. The molecule has 4 N–H and O–H groups in total. The Bertz CT molecular complexity index is 749. The van der Waals surface area contributed by atoms with Gasteiger partial charge in [0.15, 0.2) is 0 Å². The van der Waals surface area contributed by atoms with E-state index in [-0.39, 0.29) is 12.5 Å². The van der Waals surface area contributed by atoms with Gasteiger partial charge in [-0.15, -0.1) is 0 Å². The molecule has 0 saturated heterocycles. The van der Waals surface area contributed by atoms with Crippen LogP contribution in [0.25, 0.3) is 11.3 Å². The Labute approximate surface area is 133 Å². The molecular formula is C16H19N5O2. The van der Waals surface area contributed by atoms with Crippen LogP contribution in [0.1, 0.15) is 18.2 Å². The molecule has 7 heteroatoms. The molecule has 0 atom stereocenters. The molecule has 2 amide bonds. The Morgan fingerprint density at radius 2 is 2.09 bits per heavy atom.